The number of allylic oxidation sites excluding steroid dienone is 4. The van der Waals surface area contributed by atoms with Gasteiger partial charge in [-0.3, -0.25) is 9.59 Å². The van der Waals surface area contributed by atoms with Crippen LogP contribution in [0.2, 0.25) is 0 Å². The Bertz CT molecular complexity index is 642. The standard InChI is InChI=1S/C37H68O5/c1-3-5-7-9-11-13-15-17-18-20-22-24-26-28-30-32-42-37(40)34-35(38)33-36(39)41-31-29-27-25-23-21-19-16-14-12-10-8-6-4-2/h11,13,17-18,35,38H,3-10,12,14-16,19-34H2,1-2H3. The quantitative estimate of drug-likeness (QED) is 0.0478. The summed E-state index contributed by atoms with van der Waals surface area (Å²) in [7, 11) is 0. The fraction of sp³-hybridized carbons (Fsp3) is 0.838. The topological polar surface area (TPSA) is 72.8 Å². The van der Waals surface area contributed by atoms with Crippen LogP contribution in [0.1, 0.15) is 181 Å². The van der Waals surface area contributed by atoms with Crippen molar-refractivity contribution in [2.45, 2.75) is 187 Å². The zero-order valence-corrected chi connectivity index (χ0v) is 27.8. The number of ether oxygens (including phenoxy) is 2. The lowest BCUT2D eigenvalue weighted by Crippen LogP contribution is -2.21. The molecular weight excluding hydrogens is 524 g/mol. The van der Waals surface area contributed by atoms with E-state index in [1.54, 1.807) is 0 Å². The highest BCUT2D eigenvalue weighted by Gasteiger charge is 2.16. The monoisotopic (exact) mass is 593 g/mol. The molecule has 1 unspecified atom stereocenters. The van der Waals surface area contributed by atoms with Gasteiger partial charge >= 0.3 is 11.9 Å². The first-order chi connectivity index (χ1) is 20.6. The minimum Gasteiger partial charge on any atom is -0.466 e. The number of carbonyl (C=O) groups excluding carboxylic acids is 2. The van der Waals surface area contributed by atoms with Crippen molar-refractivity contribution in [1.82, 2.24) is 0 Å². The van der Waals surface area contributed by atoms with Gasteiger partial charge in [-0.15, -0.1) is 0 Å². The molecular formula is C37H68O5. The molecule has 246 valence electrons. The number of aliphatic hydroxyl groups is 1. The van der Waals surface area contributed by atoms with E-state index in [9.17, 15) is 14.7 Å². The van der Waals surface area contributed by atoms with E-state index in [2.05, 4.69) is 38.2 Å². The van der Waals surface area contributed by atoms with Crippen LogP contribution in [0.4, 0.5) is 0 Å². The zero-order valence-electron chi connectivity index (χ0n) is 27.8. The maximum absolute atomic E-state index is 11.9. The van der Waals surface area contributed by atoms with Gasteiger partial charge in [-0.2, -0.15) is 0 Å². The summed E-state index contributed by atoms with van der Waals surface area (Å²) in [4.78, 5) is 23.9. The molecule has 0 aliphatic carbocycles. The molecule has 42 heavy (non-hydrogen) atoms. The molecule has 0 spiro atoms. The predicted molar refractivity (Wildman–Crippen MR) is 178 cm³/mol. The Morgan fingerprint density at radius 2 is 0.833 bits per heavy atom. The molecule has 1 N–H and O–H groups in total. The van der Waals surface area contributed by atoms with Crippen LogP contribution in [0.5, 0.6) is 0 Å². The van der Waals surface area contributed by atoms with E-state index in [-0.39, 0.29) is 12.8 Å². The second kappa shape index (κ2) is 33.9. The van der Waals surface area contributed by atoms with Crippen LogP contribution in [-0.2, 0) is 19.1 Å². The van der Waals surface area contributed by atoms with Crippen LogP contribution in [0.25, 0.3) is 0 Å². The number of hydrogen-bond acceptors (Lipinski definition) is 5. The normalized spacial score (nSPS) is 12.4. The average Bonchev–Trinajstić information content (AvgIpc) is 2.97. The second-order valence-corrected chi connectivity index (χ2v) is 12.0. The number of unbranched alkanes of at least 4 members (excludes halogenated alkanes) is 20. The molecule has 0 fully saturated rings. The van der Waals surface area contributed by atoms with Crippen LogP contribution in [0.15, 0.2) is 24.3 Å². The Balaban J connectivity index is 3.46. The molecule has 0 aromatic rings. The van der Waals surface area contributed by atoms with Crippen LogP contribution in [0, 0.1) is 0 Å². The minimum absolute atomic E-state index is 0.156. The third-order valence-electron chi connectivity index (χ3n) is 7.67. The van der Waals surface area contributed by atoms with E-state index in [1.165, 1.54) is 109 Å². The molecule has 0 aromatic heterocycles. The molecule has 0 heterocycles. The summed E-state index contributed by atoms with van der Waals surface area (Å²) >= 11 is 0. The van der Waals surface area contributed by atoms with Crippen molar-refractivity contribution in [3.63, 3.8) is 0 Å². The van der Waals surface area contributed by atoms with Crippen molar-refractivity contribution >= 4 is 11.9 Å². The van der Waals surface area contributed by atoms with E-state index in [0.717, 1.165) is 44.9 Å². The van der Waals surface area contributed by atoms with E-state index in [1.807, 2.05) is 0 Å². The Kier molecular flexibility index (Phi) is 32.6. The smallest absolute Gasteiger partial charge is 0.308 e. The Morgan fingerprint density at radius 3 is 1.26 bits per heavy atom. The lowest BCUT2D eigenvalue weighted by molar-refractivity contribution is -0.149. The van der Waals surface area contributed by atoms with Gasteiger partial charge in [0.2, 0.25) is 0 Å². The summed E-state index contributed by atoms with van der Waals surface area (Å²) in [6.07, 6.45) is 37.0. The largest absolute Gasteiger partial charge is 0.466 e. The molecule has 0 amide bonds. The highest BCUT2D eigenvalue weighted by molar-refractivity contribution is 5.73. The van der Waals surface area contributed by atoms with Gasteiger partial charge in [-0.05, 0) is 44.9 Å². The summed E-state index contributed by atoms with van der Waals surface area (Å²) in [5, 5.41) is 10.0. The summed E-state index contributed by atoms with van der Waals surface area (Å²) in [6.45, 7) is 5.26. The molecule has 0 bridgehead atoms. The molecule has 0 saturated heterocycles. The van der Waals surface area contributed by atoms with Crippen LogP contribution >= 0.6 is 0 Å². The highest BCUT2D eigenvalue weighted by atomic mass is 16.5. The molecule has 0 aliphatic rings. The average molecular weight is 593 g/mol. The summed E-state index contributed by atoms with van der Waals surface area (Å²) in [5.41, 5.74) is 0. The van der Waals surface area contributed by atoms with Crippen molar-refractivity contribution in [3.8, 4) is 0 Å². The fourth-order valence-electron chi connectivity index (χ4n) is 4.98. The van der Waals surface area contributed by atoms with E-state index in [4.69, 9.17) is 9.47 Å². The molecule has 0 saturated carbocycles. The minimum atomic E-state index is -1.04. The van der Waals surface area contributed by atoms with Gasteiger partial charge in [0.15, 0.2) is 0 Å². The van der Waals surface area contributed by atoms with Gasteiger partial charge in [-0.25, -0.2) is 0 Å². The maximum atomic E-state index is 11.9. The van der Waals surface area contributed by atoms with Crippen molar-refractivity contribution in [2.24, 2.45) is 0 Å². The zero-order chi connectivity index (χ0) is 30.8. The van der Waals surface area contributed by atoms with E-state index < -0.39 is 18.0 Å². The van der Waals surface area contributed by atoms with Gasteiger partial charge in [-0.1, -0.05) is 147 Å². The van der Waals surface area contributed by atoms with Crippen molar-refractivity contribution in [1.29, 1.82) is 0 Å². The molecule has 0 aromatic carbocycles. The lowest BCUT2D eigenvalue weighted by Gasteiger charge is -2.10. The first-order valence-electron chi connectivity index (χ1n) is 17.9. The van der Waals surface area contributed by atoms with E-state index >= 15 is 0 Å². The van der Waals surface area contributed by atoms with Gasteiger partial charge < -0.3 is 14.6 Å². The second-order valence-electron chi connectivity index (χ2n) is 12.0. The Hall–Kier alpha value is -1.62. The van der Waals surface area contributed by atoms with Crippen LogP contribution in [0.3, 0.4) is 0 Å². The maximum Gasteiger partial charge on any atom is 0.308 e. The van der Waals surface area contributed by atoms with Crippen molar-refractivity contribution in [3.05, 3.63) is 24.3 Å². The van der Waals surface area contributed by atoms with Crippen molar-refractivity contribution in [2.75, 3.05) is 13.2 Å². The Morgan fingerprint density at radius 1 is 0.500 bits per heavy atom. The number of aliphatic hydroxyl groups excluding tert-OH is 1. The van der Waals surface area contributed by atoms with Gasteiger partial charge in [0, 0.05) is 0 Å². The Labute approximate surface area is 260 Å². The van der Waals surface area contributed by atoms with Gasteiger partial charge in [0.05, 0.1) is 32.2 Å². The number of carbonyl (C=O) groups is 2. The first-order valence-corrected chi connectivity index (χ1v) is 17.9. The highest BCUT2D eigenvalue weighted by Crippen LogP contribution is 2.13. The van der Waals surface area contributed by atoms with Crippen molar-refractivity contribution < 1.29 is 24.2 Å². The third-order valence-corrected chi connectivity index (χ3v) is 7.67. The van der Waals surface area contributed by atoms with Gasteiger partial charge in [0.25, 0.3) is 0 Å². The lowest BCUT2D eigenvalue weighted by atomic mass is 10.0. The molecule has 5 heteroatoms. The summed E-state index contributed by atoms with van der Waals surface area (Å²) in [5.74, 6) is -0.890. The summed E-state index contributed by atoms with van der Waals surface area (Å²) in [6, 6.07) is 0. The van der Waals surface area contributed by atoms with Gasteiger partial charge in [0.1, 0.15) is 0 Å². The third kappa shape index (κ3) is 32.9. The molecule has 5 nitrogen and oxygen atoms in total. The molecule has 1 atom stereocenters. The SMILES string of the molecule is CCCCCC=CCC=CCCCCCCCOC(=O)CC(O)CC(=O)OCCCCCCCCCCCCCCC. The number of rotatable bonds is 32. The molecule has 0 aliphatic heterocycles. The molecule has 0 radical (unpaired) electrons. The predicted octanol–water partition coefficient (Wildman–Crippen LogP) is 10.7. The van der Waals surface area contributed by atoms with Crippen LogP contribution in [-0.4, -0.2) is 36.4 Å². The molecule has 0 rings (SSSR count). The number of hydrogen-bond donors (Lipinski definition) is 1. The first kappa shape index (κ1) is 40.4. The number of esters is 2. The van der Waals surface area contributed by atoms with E-state index in [0.29, 0.717) is 13.2 Å². The van der Waals surface area contributed by atoms with Crippen LogP contribution < -0.4 is 0 Å². The summed E-state index contributed by atoms with van der Waals surface area (Å²) < 4.78 is 10.5. The fourth-order valence-corrected chi connectivity index (χ4v) is 4.98.